The van der Waals surface area contributed by atoms with E-state index in [0.29, 0.717) is 23.8 Å². The fourth-order valence-electron chi connectivity index (χ4n) is 2.49. The summed E-state index contributed by atoms with van der Waals surface area (Å²) in [5, 5.41) is 0.400. The van der Waals surface area contributed by atoms with Crippen LogP contribution in [0.15, 0.2) is 40.9 Å². The average molecular weight is 440 g/mol. The molecule has 2 rings (SSSR count). The van der Waals surface area contributed by atoms with Gasteiger partial charge in [-0.3, -0.25) is 4.79 Å². The van der Waals surface area contributed by atoms with E-state index in [4.69, 9.17) is 25.8 Å². The molecule has 0 aliphatic heterocycles. The molecule has 0 unspecified atom stereocenters. The fraction of sp³-hybridized carbons (Fsp3) is 0.250. The minimum atomic E-state index is -0.183. The lowest BCUT2D eigenvalue weighted by molar-refractivity contribution is 0.104. The summed E-state index contributed by atoms with van der Waals surface area (Å²) in [6.45, 7) is 0.717. The highest BCUT2D eigenvalue weighted by Crippen LogP contribution is 2.27. The van der Waals surface area contributed by atoms with Gasteiger partial charge in [-0.15, -0.1) is 0 Å². The molecule has 2 aromatic carbocycles. The maximum Gasteiger partial charge on any atom is 0.187 e. The molecule has 0 heterocycles. The summed E-state index contributed by atoms with van der Waals surface area (Å²) in [6.07, 6.45) is 3.24. The number of methoxy groups -OCH3 is 3. The summed E-state index contributed by atoms with van der Waals surface area (Å²) in [7, 11) is 4.79. The van der Waals surface area contributed by atoms with Gasteiger partial charge >= 0.3 is 0 Å². The van der Waals surface area contributed by atoms with Gasteiger partial charge in [-0.2, -0.15) is 0 Å². The number of rotatable bonds is 8. The number of halogens is 2. The Bertz CT molecular complexity index is 818. The summed E-state index contributed by atoms with van der Waals surface area (Å²) in [5.41, 5.74) is 2.92. The third kappa shape index (κ3) is 5.17. The Balaban J connectivity index is 2.31. The second kappa shape index (κ2) is 9.88. The molecule has 0 aromatic heterocycles. The van der Waals surface area contributed by atoms with Crippen molar-refractivity contribution in [2.45, 2.75) is 13.2 Å². The highest BCUT2D eigenvalue weighted by molar-refractivity contribution is 9.10. The normalized spacial score (nSPS) is 11.1. The van der Waals surface area contributed by atoms with Crippen molar-refractivity contribution in [3.63, 3.8) is 0 Å². The lowest BCUT2D eigenvalue weighted by Crippen LogP contribution is -2.03. The van der Waals surface area contributed by atoms with Crippen LogP contribution in [-0.4, -0.2) is 27.1 Å². The van der Waals surface area contributed by atoms with Gasteiger partial charge in [0.05, 0.1) is 29.8 Å². The molecule has 0 fully saturated rings. The molecule has 0 N–H and O–H groups in total. The van der Waals surface area contributed by atoms with Crippen LogP contribution in [0.25, 0.3) is 6.08 Å². The Morgan fingerprint density at radius 1 is 1.12 bits per heavy atom. The number of hydrogen-bond acceptors (Lipinski definition) is 4. The van der Waals surface area contributed by atoms with Crippen LogP contribution in [0.5, 0.6) is 5.75 Å². The zero-order valence-electron chi connectivity index (χ0n) is 14.8. The van der Waals surface area contributed by atoms with Crippen LogP contribution in [0.4, 0.5) is 0 Å². The van der Waals surface area contributed by atoms with E-state index in [9.17, 15) is 4.79 Å². The van der Waals surface area contributed by atoms with Gasteiger partial charge in [-0.25, -0.2) is 0 Å². The fourth-order valence-corrected chi connectivity index (χ4v) is 3.30. The lowest BCUT2D eigenvalue weighted by atomic mass is 10.0. The summed E-state index contributed by atoms with van der Waals surface area (Å²) < 4.78 is 16.4. The Kier molecular flexibility index (Phi) is 7.85. The maximum atomic E-state index is 12.7. The topological polar surface area (TPSA) is 44.8 Å². The standard InChI is InChI=1S/C20H20BrClO4/c1-24-11-14-8-15(12-25-2)20(22)16(9-14)18(23)6-4-13-5-7-19(26-3)17(21)10-13/h4-10H,11-12H2,1-3H3/b6-4+. The van der Waals surface area contributed by atoms with Crippen molar-refractivity contribution >= 4 is 39.4 Å². The number of allylic oxidation sites excluding steroid dienone is 1. The zero-order chi connectivity index (χ0) is 19.1. The Labute approximate surface area is 166 Å². The van der Waals surface area contributed by atoms with Crippen molar-refractivity contribution in [1.29, 1.82) is 0 Å². The highest BCUT2D eigenvalue weighted by atomic mass is 79.9. The van der Waals surface area contributed by atoms with Gasteiger partial charge in [-0.1, -0.05) is 23.7 Å². The molecule has 0 amide bonds. The van der Waals surface area contributed by atoms with Gasteiger partial charge in [-0.05, 0) is 63.0 Å². The maximum absolute atomic E-state index is 12.7. The largest absolute Gasteiger partial charge is 0.496 e. The summed E-state index contributed by atoms with van der Waals surface area (Å²) in [5.74, 6) is 0.547. The first-order valence-electron chi connectivity index (χ1n) is 7.85. The van der Waals surface area contributed by atoms with Crippen LogP contribution in [0.2, 0.25) is 5.02 Å². The zero-order valence-corrected chi connectivity index (χ0v) is 17.2. The number of carbonyl (C=O) groups is 1. The van der Waals surface area contributed by atoms with Gasteiger partial charge in [0.25, 0.3) is 0 Å². The van der Waals surface area contributed by atoms with E-state index >= 15 is 0 Å². The molecule has 26 heavy (non-hydrogen) atoms. The van der Waals surface area contributed by atoms with Gasteiger partial charge in [0.2, 0.25) is 0 Å². The molecule has 0 aliphatic carbocycles. The molecule has 0 saturated heterocycles. The molecular weight excluding hydrogens is 420 g/mol. The Morgan fingerprint density at radius 2 is 1.85 bits per heavy atom. The molecule has 138 valence electrons. The number of hydrogen-bond donors (Lipinski definition) is 0. The first-order chi connectivity index (χ1) is 12.5. The summed E-state index contributed by atoms with van der Waals surface area (Å²) in [6, 6.07) is 9.21. The summed E-state index contributed by atoms with van der Waals surface area (Å²) in [4.78, 5) is 12.7. The van der Waals surface area contributed by atoms with Crippen LogP contribution < -0.4 is 4.74 Å². The first kappa shape index (κ1) is 20.6. The first-order valence-corrected chi connectivity index (χ1v) is 9.02. The number of ketones is 1. The van der Waals surface area contributed by atoms with E-state index in [-0.39, 0.29) is 5.78 Å². The molecule has 4 nitrogen and oxygen atoms in total. The third-order valence-electron chi connectivity index (χ3n) is 3.69. The van der Waals surface area contributed by atoms with Gasteiger partial charge in [0.15, 0.2) is 5.78 Å². The Morgan fingerprint density at radius 3 is 2.46 bits per heavy atom. The number of carbonyl (C=O) groups excluding carboxylic acids is 1. The van der Waals surface area contributed by atoms with Gasteiger partial charge in [0.1, 0.15) is 5.75 Å². The van der Waals surface area contributed by atoms with Crippen molar-refractivity contribution in [1.82, 2.24) is 0 Å². The lowest BCUT2D eigenvalue weighted by Gasteiger charge is -2.11. The van der Waals surface area contributed by atoms with E-state index in [2.05, 4.69) is 15.9 Å². The number of benzene rings is 2. The van der Waals surface area contributed by atoms with Crippen molar-refractivity contribution in [2.24, 2.45) is 0 Å². The Hall–Kier alpha value is -1.66. The van der Waals surface area contributed by atoms with Gasteiger partial charge < -0.3 is 14.2 Å². The molecule has 0 aliphatic rings. The van der Waals surface area contributed by atoms with E-state index in [1.165, 1.54) is 6.08 Å². The second-order valence-corrected chi connectivity index (χ2v) is 6.81. The van der Waals surface area contributed by atoms with E-state index in [1.807, 2.05) is 24.3 Å². The van der Waals surface area contributed by atoms with E-state index in [1.54, 1.807) is 33.5 Å². The highest BCUT2D eigenvalue weighted by Gasteiger charge is 2.14. The molecule has 0 radical (unpaired) electrons. The molecule has 6 heteroatoms. The predicted octanol–water partition coefficient (Wildman–Crippen LogP) is 5.30. The average Bonchev–Trinajstić information content (AvgIpc) is 2.62. The molecule has 0 spiro atoms. The SMILES string of the molecule is COCc1cc(COC)c(Cl)c(C(=O)/C=C/c2ccc(OC)c(Br)c2)c1. The quantitative estimate of drug-likeness (QED) is 0.413. The number of ether oxygens (including phenoxy) is 3. The van der Waals surface area contributed by atoms with Crippen LogP contribution in [0.3, 0.4) is 0 Å². The molecule has 0 saturated carbocycles. The molecule has 2 aromatic rings. The minimum Gasteiger partial charge on any atom is -0.496 e. The minimum absolute atomic E-state index is 0.183. The molecular formula is C20H20BrClO4. The van der Waals surface area contributed by atoms with Crippen LogP contribution in [-0.2, 0) is 22.7 Å². The predicted molar refractivity (Wildman–Crippen MR) is 107 cm³/mol. The van der Waals surface area contributed by atoms with Crippen molar-refractivity contribution in [3.8, 4) is 5.75 Å². The smallest absolute Gasteiger partial charge is 0.187 e. The molecule has 0 bridgehead atoms. The van der Waals surface area contributed by atoms with Crippen molar-refractivity contribution in [2.75, 3.05) is 21.3 Å². The second-order valence-electron chi connectivity index (χ2n) is 5.57. The third-order valence-corrected chi connectivity index (χ3v) is 4.75. The van der Waals surface area contributed by atoms with E-state index < -0.39 is 0 Å². The van der Waals surface area contributed by atoms with Gasteiger partial charge in [0, 0.05) is 19.8 Å². The van der Waals surface area contributed by atoms with Crippen LogP contribution in [0.1, 0.15) is 27.0 Å². The van der Waals surface area contributed by atoms with Crippen molar-refractivity contribution in [3.05, 3.63) is 68.2 Å². The van der Waals surface area contributed by atoms with E-state index in [0.717, 1.165) is 26.9 Å². The van der Waals surface area contributed by atoms with Crippen LogP contribution >= 0.6 is 27.5 Å². The summed E-state index contributed by atoms with van der Waals surface area (Å²) >= 11 is 9.83. The molecule has 0 atom stereocenters. The monoisotopic (exact) mass is 438 g/mol. The van der Waals surface area contributed by atoms with Crippen LogP contribution in [0, 0.1) is 0 Å². The van der Waals surface area contributed by atoms with Crippen molar-refractivity contribution < 1.29 is 19.0 Å².